The van der Waals surface area contributed by atoms with E-state index in [0.29, 0.717) is 11.6 Å². The van der Waals surface area contributed by atoms with Crippen LogP contribution in [0.1, 0.15) is 28.0 Å². The SMILES string of the molecule is O=C(O)c1cncc(Oc2ccc3c(n2)CCC3)c1. The molecule has 0 amide bonds. The van der Waals surface area contributed by atoms with Crippen LogP contribution in [0.15, 0.2) is 30.6 Å². The van der Waals surface area contributed by atoms with Gasteiger partial charge in [-0.15, -0.1) is 0 Å². The van der Waals surface area contributed by atoms with Gasteiger partial charge in [-0.25, -0.2) is 9.78 Å². The standard InChI is InChI=1S/C14H12N2O3/c17-14(18)10-6-11(8-15-7-10)19-13-5-4-9-2-1-3-12(9)16-13/h4-8H,1-3H2,(H,17,18). The van der Waals surface area contributed by atoms with E-state index in [1.165, 1.54) is 24.0 Å². The molecule has 1 N–H and O–H groups in total. The van der Waals surface area contributed by atoms with E-state index in [2.05, 4.69) is 9.97 Å². The van der Waals surface area contributed by atoms with Gasteiger partial charge in [0.2, 0.25) is 5.88 Å². The fourth-order valence-electron chi connectivity index (χ4n) is 2.17. The minimum absolute atomic E-state index is 0.0960. The molecule has 1 aliphatic carbocycles. The highest BCUT2D eigenvalue weighted by molar-refractivity contribution is 5.87. The Bertz CT molecular complexity index is 640. The van der Waals surface area contributed by atoms with Crippen molar-refractivity contribution >= 4 is 5.97 Å². The van der Waals surface area contributed by atoms with Crippen molar-refractivity contribution in [3.63, 3.8) is 0 Å². The summed E-state index contributed by atoms with van der Waals surface area (Å²) in [7, 11) is 0. The van der Waals surface area contributed by atoms with E-state index in [0.717, 1.165) is 25.0 Å². The largest absolute Gasteiger partial charge is 0.478 e. The van der Waals surface area contributed by atoms with Crippen molar-refractivity contribution in [2.24, 2.45) is 0 Å². The monoisotopic (exact) mass is 256 g/mol. The van der Waals surface area contributed by atoms with Gasteiger partial charge in [0.05, 0.1) is 11.8 Å². The third-order valence-electron chi connectivity index (χ3n) is 3.09. The Labute approximate surface area is 109 Å². The minimum Gasteiger partial charge on any atom is -0.478 e. The predicted octanol–water partition coefficient (Wildman–Crippen LogP) is 2.46. The van der Waals surface area contributed by atoms with Crippen molar-refractivity contribution in [1.82, 2.24) is 9.97 Å². The first-order valence-electron chi connectivity index (χ1n) is 6.07. The first-order valence-corrected chi connectivity index (χ1v) is 6.07. The van der Waals surface area contributed by atoms with Crippen molar-refractivity contribution in [1.29, 1.82) is 0 Å². The summed E-state index contributed by atoms with van der Waals surface area (Å²) in [4.78, 5) is 19.1. The fourth-order valence-corrected chi connectivity index (χ4v) is 2.17. The summed E-state index contributed by atoms with van der Waals surface area (Å²) in [6, 6.07) is 5.25. The van der Waals surface area contributed by atoms with Gasteiger partial charge in [-0.05, 0) is 30.9 Å². The number of aromatic nitrogens is 2. The molecule has 0 saturated heterocycles. The van der Waals surface area contributed by atoms with Gasteiger partial charge in [-0.2, -0.15) is 0 Å². The number of carboxylic acid groups (broad SMARTS) is 1. The topological polar surface area (TPSA) is 72.3 Å². The van der Waals surface area contributed by atoms with Gasteiger partial charge < -0.3 is 9.84 Å². The van der Waals surface area contributed by atoms with E-state index < -0.39 is 5.97 Å². The molecule has 0 radical (unpaired) electrons. The number of fused-ring (bicyclic) bond motifs is 1. The average molecular weight is 256 g/mol. The van der Waals surface area contributed by atoms with Crippen molar-refractivity contribution in [2.75, 3.05) is 0 Å². The van der Waals surface area contributed by atoms with E-state index in [4.69, 9.17) is 9.84 Å². The first kappa shape index (κ1) is 11.6. The second-order valence-corrected chi connectivity index (χ2v) is 4.43. The normalized spacial score (nSPS) is 13.1. The van der Waals surface area contributed by atoms with Gasteiger partial charge in [-0.1, -0.05) is 6.07 Å². The van der Waals surface area contributed by atoms with E-state index in [-0.39, 0.29) is 5.56 Å². The van der Waals surface area contributed by atoms with Crippen molar-refractivity contribution in [3.05, 3.63) is 47.4 Å². The van der Waals surface area contributed by atoms with Crippen molar-refractivity contribution < 1.29 is 14.6 Å². The molecule has 0 spiro atoms. The molecule has 0 unspecified atom stereocenters. The highest BCUT2D eigenvalue weighted by atomic mass is 16.5. The molecule has 0 bridgehead atoms. The Kier molecular flexibility index (Phi) is 2.87. The Morgan fingerprint density at radius 2 is 2.16 bits per heavy atom. The maximum absolute atomic E-state index is 10.8. The van der Waals surface area contributed by atoms with Crippen LogP contribution in [-0.4, -0.2) is 21.0 Å². The molecule has 3 rings (SSSR count). The molecule has 2 heterocycles. The maximum atomic E-state index is 10.8. The van der Waals surface area contributed by atoms with Crippen LogP contribution in [0.2, 0.25) is 0 Å². The zero-order chi connectivity index (χ0) is 13.2. The fraction of sp³-hybridized carbons (Fsp3) is 0.214. The Balaban J connectivity index is 1.85. The van der Waals surface area contributed by atoms with Gasteiger partial charge in [0, 0.05) is 18.0 Å². The minimum atomic E-state index is -1.03. The molecule has 0 fully saturated rings. The molecule has 19 heavy (non-hydrogen) atoms. The number of carbonyl (C=O) groups is 1. The summed E-state index contributed by atoms with van der Waals surface area (Å²) < 4.78 is 5.56. The summed E-state index contributed by atoms with van der Waals surface area (Å²) in [6.07, 6.45) is 5.92. The lowest BCUT2D eigenvalue weighted by Gasteiger charge is -2.06. The van der Waals surface area contributed by atoms with E-state index in [9.17, 15) is 4.79 Å². The lowest BCUT2D eigenvalue weighted by atomic mass is 10.2. The van der Waals surface area contributed by atoms with Gasteiger partial charge in [0.15, 0.2) is 0 Å². The molecular weight excluding hydrogens is 244 g/mol. The number of hydrogen-bond acceptors (Lipinski definition) is 4. The summed E-state index contributed by atoms with van der Waals surface area (Å²) in [5, 5.41) is 8.89. The molecule has 5 nitrogen and oxygen atoms in total. The summed E-state index contributed by atoms with van der Waals surface area (Å²) in [5.74, 6) is -0.171. The number of aromatic carboxylic acids is 1. The lowest BCUT2D eigenvalue weighted by molar-refractivity contribution is 0.0696. The molecule has 0 aromatic carbocycles. The van der Waals surface area contributed by atoms with Crippen molar-refractivity contribution in [3.8, 4) is 11.6 Å². The number of rotatable bonds is 3. The quantitative estimate of drug-likeness (QED) is 0.913. The molecular formula is C14H12N2O3. The van der Waals surface area contributed by atoms with E-state index >= 15 is 0 Å². The third-order valence-corrected chi connectivity index (χ3v) is 3.09. The van der Waals surface area contributed by atoms with Crippen LogP contribution in [0.4, 0.5) is 0 Å². The number of carboxylic acids is 1. The number of pyridine rings is 2. The van der Waals surface area contributed by atoms with Gasteiger partial charge in [0.25, 0.3) is 0 Å². The smallest absolute Gasteiger partial charge is 0.337 e. The molecule has 1 aliphatic rings. The summed E-state index contributed by atoms with van der Waals surface area (Å²) in [6.45, 7) is 0. The third kappa shape index (κ3) is 2.40. The molecule has 2 aromatic rings. The number of nitrogens with zero attached hydrogens (tertiary/aromatic N) is 2. The van der Waals surface area contributed by atoms with Crippen LogP contribution in [0.3, 0.4) is 0 Å². The second-order valence-electron chi connectivity index (χ2n) is 4.43. The van der Waals surface area contributed by atoms with Crippen LogP contribution in [-0.2, 0) is 12.8 Å². The maximum Gasteiger partial charge on any atom is 0.337 e. The predicted molar refractivity (Wildman–Crippen MR) is 67.5 cm³/mol. The summed E-state index contributed by atoms with van der Waals surface area (Å²) in [5.41, 5.74) is 2.43. The molecule has 0 aliphatic heterocycles. The Morgan fingerprint density at radius 3 is 3.00 bits per heavy atom. The molecule has 5 heteroatoms. The van der Waals surface area contributed by atoms with E-state index in [1.807, 2.05) is 6.07 Å². The highest BCUT2D eigenvalue weighted by Crippen LogP contribution is 2.25. The van der Waals surface area contributed by atoms with Crippen LogP contribution in [0.25, 0.3) is 0 Å². The van der Waals surface area contributed by atoms with Gasteiger partial charge in [0.1, 0.15) is 5.75 Å². The number of ether oxygens (including phenoxy) is 1. The zero-order valence-electron chi connectivity index (χ0n) is 10.2. The molecule has 96 valence electrons. The second kappa shape index (κ2) is 4.68. The Morgan fingerprint density at radius 1 is 1.26 bits per heavy atom. The highest BCUT2D eigenvalue weighted by Gasteiger charge is 2.13. The number of aryl methyl sites for hydroxylation is 2. The lowest BCUT2D eigenvalue weighted by Crippen LogP contribution is -1.98. The van der Waals surface area contributed by atoms with Crippen molar-refractivity contribution in [2.45, 2.75) is 19.3 Å². The van der Waals surface area contributed by atoms with Gasteiger partial charge >= 0.3 is 5.97 Å². The zero-order valence-corrected chi connectivity index (χ0v) is 10.2. The molecule has 0 saturated carbocycles. The average Bonchev–Trinajstić information content (AvgIpc) is 2.86. The first-order chi connectivity index (χ1) is 9.22. The van der Waals surface area contributed by atoms with E-state index in [1.54, 1.807) is 6.07 Å². The van der Waals surface area contributed by atoms with Crippen LogP contribution in [0.5, 0.6) is 11.6 Å². The Hall–Kier alpha value is -2.43. The molecule has 0 atom stereocenters. The van der Waals surface area contributed by atoms with Crippen LogP contribution in [0, 0.1) is 0 Å². The van der Waals surface area contributed by atoms with Crippen LogP contribution < -0.4 is 4.74 Å². The summed E-state index contributed by atoms with van der Waals surface area (Å²) >= 11 is 0. The molecule has 2 aromatic heterocycles. The number of hydrogen-bond donors (Lipinski definition) is 1. The van der Waals surface area contributed by atoms with Crippen LogP contribution >= 0.6 is 0 Å². The van der Waals surface area contributed by atoms with Gasteiger partial charge in [-0.3, -0.25) is 4.98 Å².